The second kappa shape index (κ2) is 11.5. The Balaban J connectivity index is 1.43. The van der Waals surface area contributed by atoms with Gasteiger partial charge < -0.3 is 15.5 Å². The summed E-state index contributed by atoms with van der Waals surface area (Å²) in [6.45, 7) is 6.93. The molecule has 1 aliphatic heterocycles. The van der Waals surface area contributed by atoms with Crippen LogP contribution >= 0.6 is 0 Å². The van der Waals surface area contributed by atoms with Gasteiger partial charge in [-0.3, -0.25) is 14.0 Å². The average molecular weight is 433 g/mol. The van der Waals surface area contributed by atoms with E-state index in [1.54, 1.807) is 0 Å². The number of hydrogen-bond acceptors (Lipinski definition) is 3. The molecule has 1 heterocycles. The van der Waals surface area contributed by atoms with Gasteiger partial charge in [0.2, 0.25) is 5.91 Å². The molecule has 0 spiro atoms. The van der Waals surface area contributed by atoms with Gasteiger partial charge in [0.15, 0.2) is 5.96 Å². The molecule has 1 aliphatic carbocycles. The molecule has 0 aromatic heterocycles. The number of amides is 1. The maximum absolute atomic E-state index is 12.5. The molecule has 2 aliphatic rings. The van der Waals surface area contributed by atoms with E-state index in [0.717, 1.165) is 63.5 Å². The Kier molecular flexibility index (Phi) is 8.73. The summed E-state index contributed by atoms with van der Waals surface area (Å²) in [6.07, 6.45) is 5.48. The fourth-order valence-electron chi connectivity index (χ4n) is 4.35. The Hall–Kier alpha value is -1.89. The summed E-state index contributed by atoms with van der Waals surface area (Å²) in [7, 11) is -0.723. The van der Waals surface area contributed by atoms with Gasteiger partial charge in [0.05, 0.1) is 0 Å². The highest BCUT2D eigenvalue weighted by Gasteiger charge is 2.26. The second-order valence-electron chi connectivity index (χ2n) is 8.18. The van der Waals surface area contributed by atoms with E-state index in [4.69, 9.17) is 0 Å². The van der Waals surface area contributed by atoms with Crippen LogP contribution in [0, 0.1) is 0 Å². The number of rotatable bonds is 8. The molecule has 2 N–H and O–H groups in total. The van der Waals surface area contributed by atoms with E-state index in [9.17, 15) is 9.00 Å². The van der Waals surface area contributed by atoms with Crippen molar-refractivity contribution in [1.29, 1.82) is 0 Å². The molecule has 3 unspecified atom stereocenters. The molecular formula is C23H36N4O2S. The smallest absolute Gasteiger partial charge is 0.223 e. The minimum Gasteiger partial charge on any atom is -0.357 e. The van der Waals surface area contributed by atoms with Crippen LogP contribution in [-0.4, -0.2) is 51.1 Å². The lowest BCUT2D eigenvalue weighted by Crippen LogP contribution is -2.46. The van der Waals surface area contributed by atoms with Gasteiger partial charge in [0, 0.05) is 60.4 Å². The Morgan fingerprint density at radius 2 is 1.93 bits per heavy atom. The van der Waals surface area contributed by atoms with Crippen molar-refractivity contribution in [1.82, 2.24) is 15.5 Å². The van der Waals surface area contributed by atoms with Crippen LogP contribution in [0.3, 0.4) is 0 Å². The van der Waals surface area contributed by atoms with Gasteiger partial charge in [0.1, 0.15) is 0 Å². The first kappa shape index (κ1) is 22.8. The third-order valence-corrected chi connectivity index (χ3v) is 7.72. The number of aliphatic imine (C=N–C) groups is 1. The monoisotopic (exact) mass is 432 g/mol. The molecular weight excluding hydrogens is 396 g/mol. The number of nitrogens with one attached hydrogen (secondary N) is 2. The van der Waals surface area contributed by atoms with Crippen molar-refractivity contribution in [3.63, 3.8) is 0 Å². The molecule has 6 nitrogen and oxygen atoms in total. The fraction of sp³-hybridized carbons (Fsp3) is 0.652. The van der Waals surface area contributed by atoms with E-state index in [2.05, 4.69) is 34.7 Å². The first-order chi connectivity index (χ1) is 14.6. The third kappa shape index (κ3) is 6.30. The van der Waals surface area contributed by atoms with Gasteiger partial charge in [-0.2, -0.15) is 0 Å². The van der Waals surface area contributed by atoms with Crippen molar-refractivity contribution < 1.29 is 9.00 Å². The zero-order valence-electron chi connectivity index (χ0n) is 18.4. The van der Waals surface area contributed by atoms with Crippen molar-refractivity contribution in [3.8, 4) is 0 Å². The summed E-state index contributed by atoms with van der Waals surface area (Å²) >= 11 is 0. The quantitative estimate of drug-likeness (QED) is 0.376. The molecule has 1 aromatic rings. The van der Waals surface area contributed by atoms with Gasteiger partial charge in [-0.05, 0) is 43.7 Å². The van der Waals surface area contributed by atoms with E-state index in [1.807, 2.05) is 24.0 Å². The predicted octanol–water partition coefficient (Wildman–Crippen LogP) is 2.94. The highest BCUT2D eigenvalue weighted by Crippen LogP contribution is 2.24. The average Bonchev–Trinajstić information content (AvgIpc) is 3.20. The highest BCUT2D eigenvalue weighted by molar-refractivity contribution is 7.85. The number of guanidine groups is 1. The lowest BCUT2D eigenvalue weighted by Gasteiger charge is -2.30. The second-order valence-corrected chi connectivity index (χ2v) is 10.2. The van der Waals surface area contributed by atoms with E-state index in [1.165, 1.54) is 11.1 Å². The molecule has 166 valence electrons. The summed E-state index contributed by atoms with van der Waals surface area (Å²) in [5.41, 5.74) is 2.52. The molecule has 1 saturated carbocycles. The Bertz CT molecular complexity index is 742. The Morgan fingerprint density at radius 1 is 1.20 bits per heavy atom. The van der Waals surface area contributed by atoms with E-state index >= 15 is 0 Å². The number of carbonyl (C=O) groups is 1. The van der Waals surface area contributed by atoms with Crippen molar-refractivity contribution in [2.75, 3.05) is 18.8 Å². The van der Waals surface area contributed by atoms with Gasteiger partial charge in [-0.15, -0.1) is 0 Å². The zero-order valence-corrected chi connectivity index (χ0v) is 19.2. The lowest BCUT2D eigenvalue weighted by atomic mass is 9.95. The summed E-state index contributed by atoms with van der Waals surface area (Å²) in [5, 5.41) is 7.14. The van der Waals surface area contributed by atoms with Gasteiger partial charge in [-0.25, -0.2) is 0 Å². The molecule has 1 aromatic carbocycles. The van der Waals surface area contributed by atoms with Crippen molar-refractivity contribution in [2.24, 2.45) is 4.99 Å². The predicted molar refractivity (Wildman–Crippen MR) is 124 cm³/mol. The number of fused-ring (bicyclic) bond motifs is 1. The minimum absolute atomic E-state index is 0.205. The summed E-state index contributed by atoms with van der Waals surface area (Å²) in [6, 6.07) is 8.60. The Morgan fingerprint density at radius 3 is 2.60 bits per heavy atom. The molecule has 0 bridgehead atoms. The summed E-state index contributed by atoms with van der Waals surface area (Å²) in [4.78, 5) is 19.2. The number of nitrogens with zero attached hydrogens (tertiary/aromatic N) is 2. The topological polar surface area (TPSA) is 73.8 Å². The van der Waals surface area contributed by atoms with E-state index < -0.39 is 10.8 Å². The van der Waals surface area contributed by atoms with Gasteiger partial charge >= 0.3 is 0 Å². The molecule has 3 atom stereocenters. The SMILES string of the molecule is CCNC(=NCCCC(=O)N1Cc2ccccc2C1)NC1CCCC(S(=O)CC)C1. The van der Waals surface area contributed by atoms with Crippen LogP contribution in [0.15, 0.2) is 29.3 Å². The maximum atomic E-state index is 12.5. The molecule has 1 fully saturated rings. The van der Waals surface area contributed by atoms with Crippen molar-refractivity contribution in [2.45, 2.75) is 76.8 Å². The first-order valence-electron chi connectivity index (χ1n) is 11.4. The standard InChI is InChI=1S/C23H36N4O2S/c1-3-24-23(26-20-11-7-12-21(15-20)30(29)4-2)25-14-8-13-22(28)27-16-18-9-5-6-10-19(18)17-27/h5-6,9-10,20-21H,3-4,7-8,11-17H2,1-2H3,(H2,24,25,26). The minimum atomic E-state index is -0.723. The molecule has 30 heavy (non-hydrogen) atoms. The molecule has 0 radical (unpaired) electrons. The van der Waals surface area contributed by atoms with Crippen LogP contribution in [0.2, 0.25) is 0 Å². The number of carbonyl (C=O) groups excluding carboxylic acids is 1. The number of benzene rings is 1. The summed E-state index contributed by atoms with van der Waals surface area (Å²) < 4.78 is 12.2. The van der Waals surface area contributed by atoms with Crippen LogP contribution in [0.25, 0.3) is 0 Å². The van der Waals surface area contributed by atoms with Gasteiger partial charge in [-0.1, -0.05) is 37.6 Å². The normalized spacial score (nSPS) is 22.5. The molecule has 1 amide bonds. The van der Waals surface area contributed by atoms with E-state index in [0.29, 0.717) is 24.3 Å². The van der Waals surface area contributed by atoms with Gasteiger partial charge in [0.25, 0.3) is 0 Å². The van der Waals surface area contributed by atoms with Crippen LogP contribution in [0.5, 0.6) is 0 Å². The Labute approximate surface area is 183 Å². The molecule has 0 saturated heterocycles. The molecule has 3 rings (SSSR count). The summed E-state index contributed by atoms with van der Waals surface area (Å²) in [5.74, 6) is 1.75. The van der Waals surface area contributed by atoms with E-state index in [-0.39, 0.29) is 5.91 Å². The largest absolute Gasteiger partial charge is 0.357 e. The maximum Gasteiger partial charge on any atom is 0.223 e. The first-order valence-corrected chi connectivity index (χ1v) is 12.8. The fourth-order valence-corrected chi connectivity index (χ4v) is 5.70. The van der Waals surface area contributed by atoms with Crippen LogP contribution in [0.1, 0.15) is 63.5 Å². The van der Waals surface area contributed by atoms with Crippen LogP contribution in [0.4, 0.5) is 0 Å². The number of hydrogen-bond donors (Lipinski definition) is 2. The van der Waals surface area contributed by atoms with Crippen molar-refractivity contribution >= 4 is 22.7 Å². The van der Waals surface area contributed by atoms with Crippen molar-refractivity contribution in [3.05, 3.63) is 35.4 Å². The molecule has 7 heteroatoms. The van der Waals surface area contributed by atoms with Crippen LogP contribution in [-0.2, 0) is 28.7 Å². The van der Waals surface area contributed by atoms with Crippen LogP contribution < -0.4 is 10.6 Å². The lowest BCUT2D eigenvalue weighted by molar-refractivity contribution is -0.131. The highest BCUT2D eigenvalue weighted by atomic mass is 32.2. The third-order valence-electron chi connectivity index (χ3n) is 5.98. The zero-order chi connectivity index (χ0) is 21.3.